The number of aryl methyl sites for hydroxylation is 1. The zero-order valence-corrected chi connectivity index (χ0v) is 30.3. The van der Waals surface area contributed by atoms with Crippen LogP contribution in [0.4, 0.5) is 5.69 Å². The van der Waals surface area contributed by atoms with E-state index in [-0.39, 0.29) is 23.8 Å². The first-order valence-corrected chi connectivity index (χ1v) is 19.4. The third kappa shape index (κ3) is 6.71. The Bertz CT molecular complexity index is 2030. The molecule has 2 aliphatic heterocycles. The Kier molecular flexibility index (Phi) is 10.0. The van der Waals surface area contributed by atoms with Gasteiger partial charge in [-0.05, 0) is 91.0 Å². The summed E-state index contributed by atoms with van der Waals surface area (Å²) in [5.41, 5.74) is 6.48. The molecular weight excluding hydrogens is 665 g/mol. The van der Waals surface area contributed by atoms with Crippen LogP contribution in [-0.4, -0.2) is 65.3 Å². The first-order valence-electron chi connectivity index (χ1n) is 19.4. The first kappa shape index (κ1) is 35.0. The number of allylic oxidation sites excluding steroid dienone is 1. The number of hydrogen-bond donors (Lipinski definition) is 2. The average Bonchev–Trinajstić information content (AvgIpc) is 3.83. The number of nitrogens with zero attached hydrogens (tertiary/aromatic N) is 2. The second-order valence-corrected chi connectivity index (χ2v) is 15.1. The molecule has 4 aliphatic rings. The molecule has 4 aromatic rings. The third-order valence-electron chi connectivity index (χ3n) is 12.0. The second kappa shape index (κ2) is 15.1. The van der Waals surface area contributed by atoms with Crippen LogP contribution in [0.2, 0.25) is 0 Å². The van der Waals surface area contributed by atoms with Gasteiger partial charge in [0.05, 0.1) is 24.4 Å². The smallest absolute Gasteiger partial charge is 0.252 e. The van der Waals surface area contributed by atoms with Crippen molar-refractivity contribution in [3.05, 3.63) is 95.1 Å². The predicted molar refractivity (Wildman–Crippen MR) is 207 cm³/mol. The van der Waals surface area contributed by atoms with E-state index in [1.165, 1.54) is 30.9 Å². The van der Waals surface area contributed by atoms with E-state index in [1.807, 2.05) is 41.3 Å². The summed E-state index contributed by atoms with van der Waals surface area (Å²) in [5, 5.41) is 7.45. The van der Waals surface area contributed by atoms with Crippen LogP contribution in [0, 0.1) is 0 Å². The van der Waals surface area contributed by atoms with Crippen LogP contribution in [0.1, 0.15) is 103 Å². The Morgan fingerprint density at radius 3 is 2.28 bits per heavy atom. The van der Waals surface area contributed by atoms with Crippen molar-refractivity contribution < 1.29 is 23.9 Å². The molecule has 274 valence electrons. The van der Waals surface area contributed by atoms with E-state index in [4.69, 9.17) is 4.74 Å². The number of benzene rings is 3. The molecular formula is C44H48N4O5. The molecule has 9 heteroatoms. The van der Waals surface area contributed by atoms with Gasteiger partial charge in [-0.1, -0.05) is 86.7 Å². The number of anilines is 1. The lowest BCUT2D eigenvalue weighted by molar-refractivity contribution is -0.139. The predicted octanol–water partition coefficient (Wildman–Crippen LogP) is 7.60. The maximum absolute atomic E-state index is 14.6. The van der Waals surface area contributed by atoms with E-state index >= 15 is 0 Å². The van der Waals surface area contributed by atoms with Crippen molar-refractivity contribution in [2.75, 3.05) is 31.6 Å². The van der Waals surface area contributed by atoms with Gasteiger partial charge in [-0.25, -0.2) is 0 Å². The van der Waals surface area contributed by atoms with Crippen LogP contribution in [0.15, 0.2) is 72.8 Å². The summed E-state index contributed by atoms with van der Waals surface area (Å²) < 4.78 is 7.91. The van der Waals surface area contributed by atoms with Gasteiger partial charge in [0.1, 0.15) is 17.9 Å². The SMILES string of the molecule is O=C/C=C/c1ccc(NC(=O)C2(NC(=O)c3ccc4c(C5CCCCC5)c(-c5ccccc5)n5c4c3CCC5C(=O)N3CCOCC3)CCCC2)cc1. The zero-order chi connectivity index (χ0) is 36.4. The minimum Gasteiger partial charge on any atom is -0.378 e. The molecule has 1 unspecified atom stereocenters. The van der Waals surface area contributed by atoms with E-state index in [0.717, 1.165) is 65.3 Å². The van der Waals surface area contributed by atoms with Crippen molar-refractivity contribution in [2.24, 2.45) is 0 Å². The standard InChI is InChI=1S/C44H48N4O5/c49-27-9-10-30-15-17-33(18-16-30)45-43(52)44(23-7-8-24-44)46-41(50)35-19-20-36-38(31-11-3-1-4-12-31)39(32-13-5-2-6-14-32)48-37(22-21-34(35)40(36)48)42(51)47-25-28-53-29-26-47/h2,5-6,9-10,13-20,27,31,37H,1,3-4,7-8,11-12,21-26,28-29H2,(H,45,52)(H,46,50)/b10-9+. The number of rotatable bonds is 9. The van der Waals surface area contributed by atoms with Crippen LogP contribution in [0.25, 0.3) is 28.2 Å². The monoisotopic (exact) mass is 712 g/mol. The number of aldehydes is 1. The summed E-state index contributed by atoms with van der Waals surface area (Å²) in [6, 6.07) is 21.5. The molecule has 1 atom stereocenters. The van der Waals surface area contributed by atoms with Crippen LogP contribution in [-0.2, 0) is 25.5 Å². The number of ether oxygens (including phenoxy) is 1. The van der Waals surface area contributed by atoms with E-state index in [1.54, 1.807) is 6.08 Å². The number of hydrogen-bond acceptors (Lipinski definition) is 5. The van der Waals surface area contributed by atoms with Gasteiger partial charge in [-0.3, -0.25) is 19.2 Å². The minimum absolute atomic E-state index is 0.118. The molecule has 3 heterocycles. The molecule has 1 saturated heterocycles. The molecule has 53 heavy (non-hydrogen) atoms. The molecule has 2 N–H and O–H groups in total. The summed E-state index contributed by atoms with van der Waals surface area (Å²) in [6.45, 7) is 2.24. The fraction of sp³-hybridized carbons (Fsp3) is 0.409. The van der Waals surface area contributed by atoms with Gasteiger partial charge in [0.2, 0.25) is 11.8 Å². The maximum Gasteiger partial charge on any atom is 0.252 e. The van der Waals surface area contributed by atoms with Gasteiger partial charge in [-0.2, -0.15) is 0 Å². The highest BCUT2D eigenvalue weighted by molar-refractivity contribution is 6.08. The van der Waals surface area contributed by atoms with Crippen molar-refractivity contribution in [2.45, 2.75) is 88.1 Å². The van der Waals surface area contributed by atoms with Crippen LogP contribution < -0.4 is 10.6 Å². The van der Waals surface area contributed by atoms with E-state index < -0.39 is 5.54 Å². The largest absolute Gasteiger partial charge is 0.378 e. The van der Waals surface area contributed by atoms with Crippen molar-refractivity contribution in [3.63, 3.8) is 0 Å². The van der Waals surface area contributed by atoms with Gasteiger partial charge in [0, 0.05) is 29.7 Å². The van der Waals surface area contributed by atoms with Crippen molar-refractivity contribution in [1.82, 2.24) is 14.8 Å². The molecule has 8 rings (SSSR count). The summed E-state index contributed by atoms with van der Waals surface area (Å²) in [7, 11) is 0. The molecule has 2 saturated carbocycles. The molecule has 3 fully saturated rings. The van der Waals surface area contributed by atoms with Crippen LogP contribution >= 0.6 is 0 Å². The molecule has 1 aromatic heterocycles. The number of nitrogens with one attached hydrogen (secondary N) is 2. The number of carbonyl (C=O) groups is 4. The Balaban J connectivity index is 1.20. The highest BCUT2D eigenvalue weighted by Gasteiger charge is 2.44. The van der Waals surface area contributed by atoms with Gasteiger partial charge in [-0.15, -0.1) is 0 Å². The molecule has 0 bridgehead atoms. The van der Waals surface area contributed by atoms with Gasteiger partial charge < -0.3 is 24.8 Å². The first-order chi connectivity index (χ1) is 26.0. The highest BCUT2D eigenvalue weighted by Crippen LogP contribution is 2.49. The number of aromatic nitrogens is 1. The van der Waals surface area contributed by atoms with Crippen molar-refractivity contribution in [1.29, 1.82) is 0 Å². The fourth-order valence-electron chi connectivity index (χ4n) is 9.36. The number of carbonyl (C=O) groups excluding carboxylic acids is 4. The maximum atomic E-state index is 14.6. The van der Waals surface area contributed by atoms with E-state index in [9.17, 15) is 19.2 Å². The van der Waals surface area contributed by atoms with Crippen LogP contribution in [0.5, 0.6) is 0 Å². The van der Waals surface area contributed by atoms with Gasteiger partial charge >= 0.3 is 0 Å². The zero-order valence-electron chi connectivity index (χ0n) is 30.3. The fourth-order valence-corrected chi connectivity index (χ4v) is 9.36. The molecule has 3 amide bonds. The third-order valence-corrected chi connectivity index (χ3v) is 12.0. The Hall–Kier alpha value is -5.02. The average molecular weight is 713 g/mol. The molecule has 2 aliphatic carbocycles. The summed E-state index contributed by atoms with van der Waals surface area (Å²) in [4.78, 5) is 55.7. The lowest BCUT2D eigenvalue weighted by Gasteiger charge is -2.35. The summed E-state index contributed by atoms with van der Waals surface area (Å²) >= 11 is 0. The van der Waals surface area contributed by atoms with Crippen molar-refractivity contribution >= 4 is 46.7 Å². The highest BCUT2D eigenvalue weighted by atomic mass is 16.5. The summed E-state index contributed by atoms with van der Waals surface area (Å²) in [6.07, 6.45) is 13.6. The van der Waals surface area contributed by atoms with Crippen LogP contribution in [0.3, 0.4) is 0 Å². The minimum atomic E-state index is -1.04. The normalized spacial score (nSPS) is 20.1. The summed E-state index contributed by atoms with van der Waals surface area (Å²) in [5.74, 6) is 0.0136. The second-order valence-electron chi connectivity index (χ2n) is 15.1. The lowest BCUT2D eigenvalue weighted by Crippen LogP contribution is -2.55. The van der Waals surface area contributed by atoms with E-state index in [2.05, 4.69) is 45.5 Å². The Morgan fingerprint density at radius 1 is 0.830 bits per heavy atom. The van der Waals surface area contributed by atoms with E-state index in [0.29, 0.717) is 69.2 Å². The van der Waals surface area contributed by atoms with Crippen molar-refractivity contribution in [3.8, 4) is 11.3 Å². The molecule has 3 aromatic carbocycles. The number of amides is 3. The molecule has 9 nitrogen and oxygen atoms in total. The molecule has 0 radical (unpaired) electrons. The number of morpholine rings is 1. The van der Waals surface area contributed by atoms with Gasteiger partial charge in [0.25, 0.3) is 5.91 Å². The Morgan fingerprint density at radius 2 is 1.57 bits per heavy atom. The lowest BCUT2D eigenvalue weighted by atomic mass is 9.81. The topological polar surface area (TPSA) is 110 Å². The Labute approximate surface area is 310 Å². The molecule has 0 spiro atoms. The van der Waals surface area contributed by atoms with Gasteiger partial charge in [0.15, 0.2) is 0 Å². The quantitative estimate of drug-likeness (QED) is 0.137.